The number of nitrogens with two attached hydrogens (primary N) is 1. The zero-order chi connectivity index (χ0) is 98.1. The number of nitrogens with one attached hydrogen (secondary N) is 3. The van der Waals surface area contributed by atoms with Crippen LogP contribution in [0.4, 0.5) is 9.59 Å². The van der Waals surface area contributed by atoms with Crippen LogP contribution in [0.2, 0.25) is 0 Å². The molecule has 22 heteroatoms. The molecule has 3 aliphatic carbocycles. The third-order valence-corrected chi connectivity index (χ3v) is 25.8. The number of alkyl carbamates (subject to hydrolysis) is 2. The van der Waals surface area contributed by atoms with Crippen molar-refractivity contribution >= 4 is 52.6 Å². The topological polar surface area (TPSA) is 282 Å². The molecule has 5 N–H and O–H groups in total. The molecule has 0 saturated carbocycles. The molecule has 2 amide bonds. The van der Waals surface area contributed by atoms with E-state index in [1.54, 1.807) is 36.4 Å². The third-order valence-electron chi connectivity index (χ3n) is 24.3. The van der Waals surface area contributed by atoms with E-state index in [9.17, 15) is 37.8 Å². The molecule has 5 aliphatic rings. The van der Waals surface area contributed by atoms with Crippen LogP contribution in [0, 0.1) is 23.7 Å². The number of ketones is 2. The number of esters is 3. The lowest BCUT2D eigenvalue weighted by atomic mass is 9.95. The molecule has 0 bridgehead atoms. The van der Waals surface area contributed by atoms with E-state index in [0.29, 0.717) is 41.4 Å². The summed E-state index contributed by atoms with van der Waals surface area (Å²) in [6.07, 6.45) is 4.53. The average molecular weight is 1870 g/mol. The van der Waals surface area contributed by atoms with Gasteiger partial charge in [-0.25, -0.2) is 28.1 Å². The highest BCUT2D eigenvalue weighted by molar-refractivity contribution is 7.84. The number of ether oxygens (including phenoxy) is 9. The molecule has 10 aromatic carbocycles. The molecule has 3 unspecified atom stereocenters. The number of fused-ring (bicyclic) bond motifs is 9. The number of amides is 2. The van der Waals surface area contributed by atoms with Crippen LogP contribution in [0.25, 0.3) is 33.4 Å². The van der Waals surface area contributed by atoms with Crippen molar-refractivity contribution in [3.63, 3.8) is 0 Å². The van der Waals surface area contributed by atoms with E-state index in [1.807, 2.05) is 223 Å². The quantitative estimate of drug-likeness (QED) is 0.0201. The number of carbonyl (C=O) groups is 7. The molecule has 2 heterocycles. The fourth-order valence-corrected chi connectivity index (χ4v) is 18.0. The first-order chi connectivity index (χ1) is 64.8. The molecule has 2 fully saturated rings. The van der Waals surface area contributed by atoms with Crippen molar-refractivity contribution in [3.8, 4) is 33.4 Å². The van der Waals surface area contributed by atoms with Gasteiger partial charge in [-0.05, 0) is 238 Å². The van der Waals surface area contributed by atoms with Crippen LogP contribution >= 0.6 is 0 Å². The molecule has 2 saturated heterocycles. The van der Waals surface area contributed by atoms with Crippen molar-refractivity contribution < 1.29 is 80.4 Å². The molecule has 0 aromatic heterocycles. The van der Waals surface area contributed by atoms with Crippen molar-refractivity contribution in [2.24, 2.45) is 29.4 Å². The predicted octanol–water partition coefficient (Wildman–Crippen LogP) is 24.3. The first-order valence-corrected chi connectivity index (χ1v) is 48.8. The second-order valence-corrected chi connectivity index (χ2v) is 41.5. The van der Waals surface area contributed by atoms with Gasteiger partial charge in [-0.2, -0.15) is 0 Å². The van der Waals surface area contributed by atoms with Gasteiger partial charge in [0.2, 0.25) is 0 Å². The van der Waals surface area contributed by atoms with E-state index in [-0.39, 0.29) is 133 Å². The van der Waals surface area contributed by atoms with Crippen LogP contribution in [0.15, 0.2) is 243 Å². The van der Waals surface area contributed by atoms with Crippen molar-refractivity contribution in [3.05, 3.63) is 321 Å². The molecule has 21 nitrogen and oxygen atoms in total. The minimum atomic E-state index is -1.16. The fourth-order valence-electron chi connectivity index (χ4n) is 17.0. The standard InChI is InChI=1S/C32H35NO5.C30H33NO4.C19H31NO3S.C17H25NO3.C16H14O2/c1-21(2)31(23-16-14-22(15-17-23)29(34)20-37-30-13-7-8-18-36-30)33-32(35)38-19-28-26-11-5-3-9-24(26)25-10-4-6-12-27(25)28;1-19(2)27(20-14-16-21(17-15-20)28(32)35-30(3,4)5)31-29(33)34-18-26-24-12-8-6-10-22(24)23-11-7-9-13-25(23)26;1-13(2)16(20-24(22)19(6,7)8)14-9-11-15(12-10-14)17(21)23-18(3,4)5;1-12(2)17(18)14-8-6-13(7-9-14)15(19)11-21-16-5-3-4-10-20-16;1-11(17)18-10-16-14-8-4-2-6-12(14)13-7-3-5-9-15(13)16/h3-6,9-12,14-17,21,28,30-31H,7-8,13,18-20H2,1-2H3,(H,33,35);6-17,19,26-27H,18H2,1-5H3,(H,31,33);9-13,16,20H,1-8H3;6-9,12,16-17H,3-5,10-11,18H2,1-2H3;2-9,16H,10H2,1H3/t30?,31-;27-;16-,24-;;/m001../s1. The smallest absolute Gasteiger partial charge is 0.407 e. The molecule has 136 heavy (non-hydrogen) atoms. The number of Topliss-reactive ketones (excluding diaryl/α,β-unsaturated/α-hetero) is 2. The molecule has 10 aromatic rings. The Hall–Kier alpha value is -11.6. The summed E-state index contributed by atoms with van der Waals surface area (Å²) in [4.78, 5) is 85.9. The average Bonchev–Trinajstić information content (AvgIpc) is 1.63. The van der Waals surface area contributed by atoms with Crippen molar-refractivity contribution in [1.82, 2.24) is 15.4 Å². The van der Waals surface area contributed by atoms with E-state index in [1.165, 1.54) is 73.7 Å². The molecule has 7 atom stereocenters. The van der Waals surface area contributed by atoms with E-state index < -0.39 is 34.4 Å². The number of rotatable bonds is 28. The minimum Gasteiger partial charge on any atom is -0.465 e. The predicted molar refractivity (Wildman–Crippen MR) is 536 cm³/mol. The summed E-state index contributed by atoms with van der Waals surface area (Å²) < 4.78 is 65.0. The molecule has 722 valence electrons. The van der Waals surface area contributed by atoms with Crippen LogP contribution < -0.4 is 21.1 Å². The zero-order valence-electron chi connectivity index (χ0n) is 82.2. The summed E-state index contributed by atoms with van der Waals surface area (Å²) in [5.41, 5.74) is 25.7. The number of carbonyl (C=O) groups excluding carboxylic acids is 7. The van der Waals surface area contributed by atoms with Crippen molar-refractivity contribution in [2.45, 2.75) is 234 Å². The van der Waals surface area contributed by atoms with Crippen LogP contribution in [0.5, 0.6) is 0 Å². The normalized spacial score (nSPS) is 16.0. The van der Waals surface area contributed by atoms with Crippen LogP contribution in [0.3, 0.4) is 0 Å². The van der Waals surface area contributed by atoms with Crippen LogP contribution in [-0.2, 0) is 58.4 Å². The van der Waals surface area contributed by atoms with E-state index in [4.69, 9.17) is 48.4 Å². The molecule has 2 aliphatic heterocycles. The monoisotopic (exact) mass is 1870 g/mol. The summed E-state index contributed by atoms with van der Waals surface area (Å²) in [6.45, 7) is 37.3. The van der Waals surface area contributed by atoms with Gasteiger partial charge in [-0.1, -0.05) is 274 Å². The Labute approximate surface area is 806 Å². The zero-order valence-corrected chi connectivity index (χ0v) is 83.0. The molecule has 0 radical (unpaired) electrons. The Kier molecular flexibility index (Phi) is 37.7. The Morgan fingerprint density at radius 2 is 0.647 bits per heavy atom. The van der Waals surface area contributed by atoms with Gasteiger partial charge in [-0.3, -0.25) is 14.4 Å². The Morgan fingerprint density at radius 3 is 0.912 bits per heavy atom. The Morgan fingerprint density at radius 1 is 0.368 bits per heavy atom. The highest BCUT2D eigenvalue weighted by Crippen LogP contribution is 2.48. The van der Waals surface area contributed by atoms with Gasteiger partial charge in [0.05, 0.1) is 38.9 Å². The van der Waals surface area contributed by atoms with Gasteiger partial charge in [0.1, 0.15) is 44.2 Å². The summed E-state index contributed by atoms with van der Waals surface area (Å²) in [5.74, 6) is 0.0592. The first-order valence-electron chi connectivity index (χ1n) is 47.7. The van der Waals surface area contributed by atoms with Gasteiger partial charge in [0.25, 0.3) is 0 Å². The molecule has 0 spiro atoms. The maximum absolute atomic E-state index is 12.9. The second kappa shape index (κ2) is 48.9. The fraction of sp³-hybridized carbons (Fsp3) is 0.412. The first kappa shape index (κ1) is 105. The van der Waals surface area contributed by atoms with Crippen molar-refractivity contribution in [2.75, 3.05) is 46.2 Å². The highest BCUT2D eigenvalue weighted by atomic mass is 32.2. The number of hydrogen-bond donors (Lipinski definition) is 4. The second-order valence-electron chi connectivity index (χ2n) is 39.5. The van der Waals surface area contributed by atoms with Crippen LogP contribution in [-0.4, -0.2) is 121 Å². The van der Waals surface area contributed by atoms with E-state index >= 15 is 0 Å². The highest BCUT2D eigenvalue weighted by Gasteiger charge is 2.35. The molecular weight excluding hydrogens is 1730 g/mol. The van der Waals surface area contributed by atoms with E-state index in [0.717, 1.165) is 67.4 Å². The maximum atomic E-state index is 12.9. The largest absolute Gasteiger partial charge is 0.465 e. The lowest BCUT2D eigenvalue weighted by Gasteiger charge is -2.27. The van der Waals surface area contributed by atoms with Crippen molar-refractivity contribution in [1.29, 1.82) is 0 Å². The SMILES string of the molecule is CC(=O)OCC1c2ccccc2-c2ccccc21.CC(C)C(N)c1ccc(C(=O)COC2CCCCO2)cc1.CC(C)[C@@H](N[S@](=O)C(C)(C)C)c1ccc(C(=O)OC(C)(C)C)cc1.CC(C)[C@H](NC(=O)OCC1c2ccccc2-c2ccccc21)c1ccc(C(=O)COC2CCCCO2)cc1.CC(C)[C@H](NC(=O)OCC1c2ccccc2-c2ccccc21)c1ccc(C(=O)OC(C)(C)C)cc1. The lowest BCUT2D eigenvalue weighted by Crippen LogP contribution is -2.37. The molecule has 15 rings (SSSR count). The van der Waals surface area contributed by atoms with Gasteiger partial charge in [0, 0.05) is 61.1 Å². The lowest BCUT2D eigenvalue weighted by molar-refractivity contribution is -0.155. The summed E-state index contributed by atoms with van der Waals surface area (Å²) in [6, 6.07) is 78.6. The summed E-state index contributed by atoms with van der Waals surface area (Å²) >= 11 is 0. The third kappa shape index (κ3) is 29.5. The summed E-state index contributed by atoms with van der Waals surface area (Å²) in [5, 5.41) is 6.05. The maximum Gasteiger partial charge on any atom is 0.407 e. The number of hydrogen-bond acceptors (Lipinski definition) is 18. The van der Waals surface area contributed by atoms with Gasteiger partial charge < -0.3 is 59.0 Å². The minimum absolute atomic E-state index is 0.000964. The number of benzene rings is 10. The van der Waals surface area contributed by atoms with Gasteiger partial charge >= 0.3 is 30.1 Å². The van der Waals surface area contributed by atoms with E-state index in [2.05, 4.69) is 116 Å². The van der Waals surface area contributed by atoms with Crippen LogP contribution in [0.1, 0.15) is 302 Å². The Balaban J connectivity index is 0.000000168. The Bertz CT molecular complexity index is 5530. The van der Waals surface area contributed by atoms with Gasteiger partial charge in [-0.15, -0.1) is 0 Å². The van der Waals surface area contributed by atoms with Gasteiger partial charge in [0.15, 0.2) is 24.1 Å². The summed E-state index contributed by atoms with van der Waals surface area (Å²) in [7, 11) is -1.16. The molecular formula is C114H138N4O17S.